The van der Waals surface area contributed by atoms with Crippen molar-refractivity contribution in [2.24, 2.45) is 11.8 Å². The molecule has 2 atom stereocenters. The van der Waals surface area contributed by atoms with E-state index in [1.165, 1.54) is 6.07 Å². The number of hydrogen-bond donors (Lipinski definition) is 1. The van der Waals surface area contributed by atoms with E-state index in [1.807, 2.05) is 0 Å². The van der Waals surface area contributed by atoms with E-state index in [4.69, 9.17) is 11.6 Å². The summed E-state index contributed by atoms with van der Waals surface area (Å²) in [6.45, 7) is 5.05. The summed E-state index contributed by atoms with van der Waals surface area (Å²) in [7, 11) is 0. The van der Waals surface area contributed by atoms with Crippen LogP contribution in [-0.4, -0.2) is 31.1 Å². The predicted octanol–water partition coefficient (Wildman–Crippen LogP) is 2.55. The summed E-state index contributed by atoms with van der Waals surface area (Å²) >= 11 is 5.90. The number of hydrogen-bond acceptors (Lipinski definition) is 2. The van der Waals surface area contributed by atoms with Gasteiger partial charge in [0.05, 0.1) is 0 Å². The summed E-state index contributed by atoms with van der Waals surface area (Å²) in [5, 5.41) is 4.02. The molecule has 0 aromatic heterocycles. The smallest absolute Gasteiger partial charge is 0.127 e. The molecule has 5 heteroatoms. The lowest BCUT2D eigenvalue weighted by atomic mass is 10.0. The average molecular weight is 291 g/mol. The fraction of sp³-hybridized carbons (Fsp3) is 0.538. The molecule has 2 aliphatic rings. The standard InChI is InChI=1S/C13H16ClFN2.ClH/c14-12-1-2-13(15)9(3-12)6-17-7-10-4-16-5-11(10)8-17;/h1-3,10-11,16H,4-8H2;1H/t10-,11+;. The van der Waals surface area contributed by atoms with Crippen molar-refractivity contribution in [3.63, 3.8) is 0 Å². The Morgan fingerprint density at radius 1 is 1.28 bits per heavy atom. The van der Waals surface area contributed by atoms with E-state index in [2.05, 4.69) is 10.2 Å². The minimum absolute atomic E-state index is 0. The van der Waals surface area contributed by atoms with Gasteiger partial charge in [0.1, 0.15) is 5.82 Å². The lowest BCUT2D eigenvalue weighted by Crippen LogP contribution is -2.25. The van der Waals surface area contributed by atoms with E-state index in [0.29, 0.717) is 17.1 Å². The Hall–Kier alpha value is -0.350. The third-order valence-corrected chi connectivity index (χ3v) is 4.10. The van der Waals surface area contributed by atoms with Crippen molar-refractivity contribution in [1.29, 1.82) is 0 Å². The van der Waals surface area contributed by atoms with Gasteiger partial charge in [-0.1, -0.05) is 11.6 Å². The van der Waals surface area contributed by atoms with E-state index in [0.717, 1.165) is 38.0 Å². The molecule has 1 N–H and O–H groups in total. The maximum absolute atomic E-state index is 13.6. The Morgan fingerprint density at radius 3 is 2.61 bits per heavy atom. The van der Waals surface area contributed by atoms with Crippen LogP contribution in [0.2, 0.25) is 5.02 Å². The first-order chi connectivity index (χ1) is 8.22. The van der Waals surface area contributed by atoms with Crippen LogP contribution in [0.3, 0.4) is 0 Å². The number of halogens is 3. The highest BCUT2D eigenvalue weighted by molar-refractivity contribution is 6.30. The van der Waals surface area contributed by atoms with E-state index in [-0.39, 0.29) is 18.2 Å². The third-order valence-electron chi connectivity index (χ3n) is 3.87. The second-order valence-corrected chi connectivity index (χ2v) is 5.54. The molecule has 1 aromatic carbocycles. The van der Waals surface area contributed by atoms with Crippen LogP contribution >= 0.6 is 24.0 Å². The molecule has 3 rings (SSSR count). The summed E-state index contributed by atoms with van der Waals surface area (Å²) in [4.78, 5) is 2.34. The van der Waals surface area contributed by atoms with Crippen molar-refractivity contribution in [1.82, 2.24) is 10.2 Å². The zero-order chi connectivity index (χ0) is 11.8. The summed E-state index contributed by atoms with van der Waals surface area (Å²) in [5.74, 6) is 1.35. The maximum atomic E-state index is 13.6. The first-order valence-electron chi connectivity index (χ1n) is 6.09. The molecule has 2 aliphatic heterocycles. The van der Waals surface area contributed by atoms with Gasteiger partial charge in [0.25, 0.3) is 0 Å². The van der Waals surface area contributed by atoms with Gasteiger partial charge in [-0.15, -0.1) is 12.4 Å². The van der Waals surface area contributed by atoms with Crippen LogP contribution in [0.5, 0.6) is 0 Å². The number of nitrogens with one attached hydrogen (secondary N) is 1. The molecule has 1 aromatic rings. The van der Waals surface area contributed by atoms with Crippen LogP contribution in [0.15, 0.2) is 18.2 Å². The van der Waals surface area contributed by atoms with Crippen LogP contribution in [0, 0.1) is 17.7 Å². The van der Waals surface area contributed by atoms with E-state index in [9.17, 15) is 4.39 Å². The van der Waals surface area contributed by atoms with Gasteiger partial charge in [-0.05, 0) is 43.1 Å². The molecule has 2 heterocycles. The highest BCUT2D eigenvalue weighted by Gasteiger charge is 2.35. The molecule has 2 saturated heterocycles. The Kier molecular flexibility index (Phi) is 4.49. The lowest BCUT2D eigenvalue weighted by Gasteiger charge is -2.17. The van der Waals surface area contributed by atoms with E-state index < -0.39 is 0 Å². The van der Waals surface area contributed by atoms with Crippen LogP contribution in [-0.2, 0) is 6.54 Å². The monoisotopic (exact) mass is 290 g/mol. The minimum atomic E-state index is -0.149. The molecule has 0 unspecified atom stereocenters. The normalized spacial score (nSPS) is 27.0. The largest absolute Gasteiger partial charge is 0.316 e. The molecule has 2 fully saturated rings. The van der Waals surface area contributed by atoms with Gasteiger partial charge in [0.15, 0.2) is 0 Å². The van der Waals surface area contributed by atoms with Gasteiger partial charge in [0, 0.05) is 30.2 Å². The van der Waals surface area contributed by atoms with Gasteiger partial charge >= 0.3 is 0 Å². The van der Waals surface area contributed by atoms with Crippen molar-refractivity contribution in [3.8, 4) is 0 Å². The van der Waals surface area contributed by atoms with Crippen molar-refractivity contribution in [2.75, 3.05) is 26.2 Å². The molecule has 0 bridgehead atoms. The molecule has 0 saturated carbocycles. The average Bonchev–Trinajstić information content (AvgIpc) is 2.83. The SMILES string of the molecule is Cl.Fc1ccc(Cl)cc1CN1C[C@H]2CNC[C@H]2C1. The molecule has 0 radical (unpaired) electrons. The number of fused-ring (bicyclic) bond motifs is 1. The van der Waals surface area contributed by atoms with Crippen molar-refractivity contribution in [2.45, 2.75) is 6.54 Å². The lowest BCUT2D eigenvalue weighted by molar-refractivity contribution is 0.301. The third kappa shape index (κ3) is 2.80. The molecule has 0 aliphatic carbocycles. The first kappa shape index (κ1) is 14.1. The number of likely N-dealkylation sites (tertiary alicyclic amines) is 1. The van der Waals surface area contributed by atoms with Gasteiger partial charge in [0.2, 0.25) is 0 Å². The fourth-order valence-electron chi connectivity index (χ4n) is 2.99. The molecule has 0 spiro atoms. The number of nitrogens with zero attached hydrogens (tertiary/aromatic N) is 1. The minimum Gasteiger partial charge on any atom is -0.316 e. The summed E-state index contributed by atoms with van der Waals surface area (Å²) in [5.41, 5.74) is 0.713. The zero-order valence-corrected chi connectivity index (χ0v) is 11.6. The van der Waals surface area contributed by atoms with Gasteiger partial charge in [-0.2, -0.15) is 0 Å². The maximum Gasteiger partial charge on any atom is 0.127 e. The van der Waals surface area contributed by atoms with Crippen LogP contribution in [0.25, 0.3) is 0 Å². The fourth-order valence-corrected chi connectivity index (χ4v) is 3.18. The highest BCUT2D eigenvalue weighted by Crippen LogP contribution is 2.28. The van der Waals surface area contributed by atoms with Gasteiger partial charge < -0.3 is 5.32 Å². The summed E-state index contributed by atoms with van der Waals surface area (Å²) < 4.78 is 13.6. The van der Waals surface area contributed by atoms with Crippen molar-refractivity contribution < 1.29 is 4.39 Å². The highest BCUT2D eigenvalue weighted by atomic mass is 35.5. The van der Waals surface area contributed by atoms with E-state index >= 15 is 0 Å². The second kappa shape index (κ2) is 5.74. The first-order valence-corrected chi connectivity index (χ1v) is 6.47. The topological polar surface area (TPSA) is 15.3 Å². The Bertz CT molecular complexity index is 415. The van der Waals surface area contributed by atoms with Gasteiger partial charge in [-0.3, -0.25) is 4.90 Å². The molecular formula is C13H17Cl2FN2. The summed E-state index contributed by atoms with van der Waals surface area (Å²) in [6.07, 6.45) is 0. The van der Waals surface area contributed by atoms with E-state index in [1.54, 1.807) is 12.1 Å². The summed E-state index contributed by atoms with van der Waals surface area (Å²) in [6, 6.07) is 4.79. The predicted molar refractivity (Wildman–Crippen MR) is 73.8 cm³/mol. The number of benzene rings is 1. The second-order valence-electron chi connectivity index (χ2n) is 5.11. The molecule has 2 nitrogen and oxygen atoms in total. The number of rotatable bonds is 2. The van der Waals surface area contributed by atoms with Crippen LogP contribution in [0.1, 0.15) is 5.56 Å². The zero-order valence-electron chi connectivity index (χ0n) is 10.0. The Morgan fingerprint density at radius 2 is 1.94 bits per heavy atom. The quantitative estimate of drug-likeness (QED) is 0.901. The van der Waals surface area contributed by atoms with Crippen molar-refractivity contribution >= 4 is 24.0 Å². The van der Waals surface area contributed by atoms with Crippen LogP contribution < -0.4 is 5.32 Å². The molecule has 18 heavy (non-hydrogen) atoms. The molecule has 100 valence electrons. The molecular weight excluding hydrogens is 274 g/mol. The van der Waals surface area contributed by atoms with Gasteiger partial charge in [-0.25, -0.2) is 4.39 Å². The Labute approximate surface area is 118 Å². The Balaban J connectivity index is 0.00000120. The van der Waals surface area contributed by atoms with Crippen LogP contribution in [0.4, 0.5) is 4.39 Å². The van der Waals surface area contributed by atoms with Crippen molar-refractivity contribution in [3.05, 3.63) is 34.6 Å². The molecule has 0 amide bonds.